The Kier molecular flexibility index (Phi) is 6.80. The fourth-order valence-corrected chi connectivity index (χ4v) is 6.64. The first-order valence-corrected chi connectivity index (χ1v) is 14.6. The van der Waals surface area contributed by atoms with Crippen LogP contribution in [0.3, 0.4) is 0 Å². The number of anilines is 1. The van der Waals surface area contributed by atoms with Gasteiger partial charge in [0.2, 0.25) is 5.91 Å². The van der Waals surface area contributed by atoms with Crippen LogP contribution in [0, 0.1) is 11.8 Å². The Labute approximate surface area is 214 Å². The van der Waals surface area contributed by atoms with Gasteiger partial charge in [0.1, 0.15) is 5.82 Å². The van der Waals surface area contributed by atoms with E-state index in [2.05, 4.69) is 25.3 Å². The first-order valence-electron chi connectivity index (χ1n) is 13.2. The van der Waals surface area contributed by atoms with Gasteiger partial charge in [-0.2, -0.15) is 12.7 Å². The lowest BCUT2D eigenvalue weighted by molar-refractivity contribution is -0.133. The number of carbonyl (C=O) groups excluding carboxylic acids is 1. The van der Waals surface area contributed by atoms with Gasteiger partial charge >= 0.3 is 10.2 Å². The maximum absolute atomic E-state index is 13.4. The lowest BCUT2D eigenvalue weighted by Crippen LogP contribution is -2.54. The number of amides is 1. The summed E-state index contributed by atoms with van der Waals surface area (Å²) in [6.45, 7) is 10.5. The third kappa shape index (κ3) is 4.99. The highest BCUT2D eigenvalue weighted by molar-refractivity contribution is 7.90. The zero-order valence-corrected chi connectivity index (χ0v) is 22.8. The normalized spacial score (nSPS) is 20.7. The van der Waals surface area contributed by atoms with Crippen LogP contribution < -0.4 is 4.31 Å². The molecule has 0 unspecified atom stereocenters. The number of rotatable bonds is 6. The SMILES string of the molecule is CN(c1ccc2c(c1)nc(C(C)(C)C)n2CC1CCOCC1)S(=O)(=O)N1CCN(C(=O)C2CC2)CC1. The van der Waals surface area contributed by atoms with Crippen molar-refractivity contribution < 1.29 is 17.9 Å². The van der Waals surface area contributed by atoms with Crippen molar-refractivity contribution in [1.29, 1.82) is 0 Å². The van der Waals surface area contributed by atoms with Crippen LogP contribution in [-0.4, -0.2) is 79.5 Å². The molecule has 36 heavy (non-hydrogen) atoms. The standard InChI is InChI=1S/C26H39N5O4S/c1-26(2,3)25-27-22-17-21(7-8-23(22)31(25)18-19-9-15-35-16-10-19)28(4)36(33,34)30-13-11-29(12-14-30)24(32)20-5-6-20/h7-8,17,19-20H,5-6,9-16,18H2,1-4H3. The highest BCUT2D eigenvalue weighted by Crippen LogP contribution is 2.33. The van der Waals surface area contributed by atoms with E-state index in [4.69, 9.17) is 9.72 Å². The third-order valence-electron chi connectivity index (χ3n) is 7.70. The summed E-state index contributed by atoms with van der Waals surface area (Å²) in [4.78, 5) is 19.2. The fraction of sp³-hybridized carbons (Fsp3) is 0.692. The Morgan fingerprint density at radius 2 is 1.75 bits per heavy atom. The highest BCUT2D eigenvalue weighted by Gasteiger charge is 2.37. The van der Waals surface area contributed by atoms with Gasteiger partial charge in [0.05, 0.1) is 16.7 Å². The first-order chi connectivity index (χ1) is 17.1. The Balaban J connectivity index is 1.37. The molecule has 0 radical (unpaired) electrons. The van der Waals surface area contributed by atoms with E-state index in [9.17, 15) is 13.2 Å². The van der Waals surface area contributed by atoms with Crippen LogP contribution in [0.2, 0.25) is 0 Å². The van der Waals surface area contributed by atoms with Gasteiger partial charge in [-0.1, -0.05) is 20.8 Å². The number of hydrogen-bond acceptors (Lipinski definition) is 5. The second-order valence-electron chi connectivity index (χ2n) is 11.5. The number of carbonyl (C=O) groups is 1. The first kappa shape index (κ1) is 25.5. The van der Waals surface area contributed by atoms with Gasteiger partial charge in [0, 0.05) is 64.3 Å². The molecule has 10 heteroatoms. The van der Waals surface area contributed by atoms with Gasteiger partial charge in [-0.25, -0.2) is 4.98 Å². The van der Waals surface area contributed by atoms with Crippen molar-refractivity contribution in [2.75, 3.05) is 50.7 Å². The second-order valence-corrected chi connectivity index (χ2v) is 13.5. The summed E-state index contributed by atoms with van der Waals surface area (Å²) in [6.07, 6.45) is 4.01. The van der Waals surface area contributed by atoms with E-state index in [1.54, 1.807) is 7.05 Å². The van der Waals surface area contributed by atoms with E-state index in [1.807, 2.05) is 23.1 Å². The van der Waals surface area contributed by atoms with Gasteiger partial charge in [0.15, 0.2) is 0 Å². The van der Waals surface area contributed by atoms with Crippen LogP contribution in [0.5, 0.6) is 0 Å². The molecule has 9 nitrogen and oxygen atoms in total. The zero-order valence-electron chi connectivity index (χ0n) is 21.9. The molecule has 1 amide bonds. The van der Waals surface area contributed by atoms with Gasteiger partial charge in [0.25, 0.3) is 0 Å². The molecule has 0 spiro atoms. The lowest BCUT2D eigenvalue weighted by Gasteiger charge is -2.36. The van der Waals surface area contributed by atoms with Crippen molar-refractivity contribution in [2.24, 2.45) is 11.8 Å². The van der Waals surface area contributed by atoms with E-state index in [-0.39, 0.29) is 17.2 Å². The number of hydrogen-bond donors (Lipinski definition) is 0. The molecule has 0 N–H and O–H groups in total. The summed E-state index contributed by atoms with van der Waals surface area (Å²) in [5.74, 6) is 1.90. The number of benzene rings is 1. The van der Waals surface area contributed by atoms with Gasteiger partial charge in [-0.3, -0.25) is 9.10 Å². The van der Waals surface area contributed by atoms with Crippen molar-refractivity contribution in [3.8, 4) is 0 Å². The summed E-state index contributed by atoms with van der Waals surface area (Å²) < 4.78 is 37.6. The maximum atomic E-state index is 13.4. The van der Waals surface area contributed by atoms with Gasteiger partial charge in [-0.05, 0) is 49.8 Å². The summed E-state index contributed by atoms with van der Waals surface area (Å²) in [5, 5.41) is 0. The van der Waals surface area contributed by atoms with Crippen LogP contribution in [0.4, 0.5) is 5.69 Å². The van der Waals surface area contributed by atoms with E-state index < -0.39 is 10.2 Å². The number of aromatic nitrogens is 2. The molecule has 3 heterocycles. The number of nitrogens with zero attached hydrogens (tertiary/aromatic N) is 5. The van der Waals surface area contributed by atoms with Crippen LogP contribution in [0.25, 0.3) is 11.0 Å². The Hall–Kier alpha value is -2.17. The van der Waals surface area contributed by atoms with Crippen LogP contribution in [0.15, 0.2) is 18.2 Å². The van der Waals surface area contributed by atoms with Crippen molar-refractivity contribution in [1.82, 2.24) is 18.8 Å². The summed E-state index contributed by atoms with van der Waals surface area (Å²) in [7, 11) is -2.11. The monoisotopic (exact) mass is 517 g/mol. The van der Waals surface area contributed by atoms with E-state index >= 15 is 0 Å². The topological polar surface area (TPSA) is 88.0 Å². The molecule has 3 aliphatic rings. The predicted molar refractivity (Wildman–Crippen MR) is 140 cm³/mol. The maximum Gasteiger partial charge on any atom is 0.303 e. The zero-order chi connectivity index (χ0) is 25.7. The van der Waals surface area contributed by atoms with E-state index in [0.717, 1.165) is 62.3 Å². The largest absolute Gasteiger partial charge is 0.381 e. The van der Waals surface area contributed by atoms with Crippen LogP contribution in [-0.2, 0) is 31.7 Å². The van der Waals surface area contributed by atoms with Crippen LogP contribution in [0.1, 0.15) is 52.3 Å². The molecule has 1 aromatic heterocycles. The molecular weight excluding hydrogens is 478 g/mol. The molecule has 3 fully saturated rings. The molecule has 1 aromatic carbocycles. The average molecular weight is 518 g/mol. The van der Waals surface area contributed by atoms with Crippen molar-refractivity contribution in [2.45, 2.75) is 58.4 Å². The molecule has 1 aliphatic carbocycles. The van der Waals surface area contributed by atoms with Gasteiger partial charge in [-0.15, -0.1) is 0 Å². The fourth-order valence-electron chi connectivity index (χ4n) is 5.29. The number of ether oxygens (including phenoxy) is 1. The Morgan fingerprint density at radius 1 is 1.08 bits per heavy atom. The summed E-state index contributed by atoms with van der Waals surface area (Å²) in [5.41, 5.74) is 2.30. The number of imidazole rings is 1. The molecule has 2 saturated heterocycles. The van der Waals surface area contributed by atoms with Crippen molar-refractivity contribution in [3.05, 3.63) is 24.0 Å². The second kappa shape index (κ2) is 9.61. The summed E-state index contributed by atoms with van der Waals surface area (Å²) >= 11 is 0. The minimum atomic E-state index is -3.71. The Morgan fingerprint density at radius 3 is 2.36 bits per heavy atom. The molecule has 1 saturated carbocycles. The molecule has 2 aliphatic heterocycles. The summed E-state index contributed by atoms with van der Waals surface area (Å²) in [6, 6.07) is 5.77. The van der Waals surface area contributed by atoms with E-state index in [0.29, 0.717) is 37.8 Å². The van der Waals surface area contributed by atoms with Crippen molar-refractivity contribution in [3.63, 3.8) is 0 Å². The number of fused-ring (bicyclic) bond motifs is 1. The predicted octanol–water partition coefficient (Wildman–Crippen LogP) is 3.00. The minimum Gasteiger partial charge on any atom is -0.381 e. The average Bonchev–Trinajstić information content (AvgIpc) is 3.65. The number of piperazine rings is 1. The molecule has 198 valence electrons. The third-order valence-corrected chi connectivity index (χ3v) is 9.62. The van der Waals surface area contributed by atoms with Crippen molar-refractivity contribution >= 4 is 32.8 Å². The molecule has 0 atom stereocenters. The lowest BCUT2D eigenvalue weighted by atomic mass is 9.94. The smallest absolute Gasteiger partial charge is 0.303 e. The molecule has 0 bridgehead atoms. The molecule has 2 aromatic rings. The highest BCUT2D eigenvalue weighted by atomic mass is 32.2. The molecular formula is C26H39N5O4S. The van der Waals surface area contributed by atoms with Gasteiger partial charge < -0.3 is 14.2 Å². The van der Waals surface area contributed by atoms with Crippen LogP contribution >= 0.6 is 0 Å². The quantitative estimate of drug-likeness (QED) is 0.588. The minimum absolute atomic E-state index is 0.139. The Bertz CT molecular complexity index is 1220. The van der Waals surface area contributed by atoms with E-state index in [1.165, 1.54) is 8.61 Å². The molecule has 5 rings (SSSR count).